The van der Waals surface area contributed by atoms with E-state index in [0.29, 0.717) is 16.7 Å². The lowest BCUT2D eigenvalue weighted by Crippen LogP contribution is -2.36. The summed E-state index contributed by atoms with van der Waals surface area (Å²) in [5.74, 6) is -1.61. The molecule has 0 saturated carbocycles. The lowest BCUT2D eigenvalue weighted by molar-refractivity contribution is -0.150. The van der Waals surface area contributed by atoms with Gasteiger partial charge in [-0.25, -0.2) is 9.59 Å². The summed E-state index contributed by atoms with van der Waals surface area (Å²) in [7, 11) is 0. The van der Waals surface area contributed by atoms with Gasteiger partial charge in [0.15, 0.2) is 11.5 Å². The van der Waals surface area contributed by atoms with Crippen LogP contribution in [0.5, 0.6) is 11.5 Å². The van der Waals surface area contributed by atoms with E-state index in [2.05, 4.69) is 0 Å². The Hall–Kier alpha value is -3.68. The molecule has 36 heavy (non-hydrogen) atoms. The summed E-state index contributed by atoms with van der Waals surface area (Å²) in [5, 5.41) is 0. The molecular weight excluding hydrogens is 482 g/mol. The third-order valence-corrected chi connectivity index (χ3v) is 5.20. The van der Waals surface area contributed by atoms with Crippen molar-refractivity contribution >= 4 is 30.3 Å². The first-order chi connectivity index (χ1) is 16.9. The van der Waals surface area contributed by atoms with Crippen LogP contribution in [0, 0.1) is 0 Å². The van der Waals surface area contributed by atoms with Crippen molar-refractivity contribution in [2.45, 2.75) is 45.3 Å². The molecule has 0 aliphatic rings. The summed E-state index contributed by atoms with van der Waals surface area (Å²) in [6.45, 7) is 3.83. The van der Waals surface area contributed by atoms with Crippen LogP contribution in [-0.2, 0) is 16.0 Å². The Morgan fingerprint density at radius 3 is 1.86 bits per heavy atom. The van der Waals surface area contributed by atoms with Crippen molar-refractivity contribution in [3.63, 3.8) is 0 Å². The summed E-state index contributed by atoms with van der Waals surface area (Å²) in [4.78, 5) is 37.6. The number of hydrogen-bond acceptors (Lipinski definition) is 7. The van der Waals surface area contributed by atoms with Gasteiger partial charge >= 0.3 is 17.9 Å². The molecule has 0 amide bonds. The second-order valence-electron chi connectivity index (χ2n) is 8.14. The molecular formula is C28H30ClNO6. The Bertz CT molecular complexity index is 1150. The highest BCUT2D eigenvalue weighted by molar-refractivity contribution is 5.93. The zero-order valence-corrected chi connectivity index (χ0v) is 21.0. The molecule has 190 valence electrons. The number of hydrogen-bond donors (Lipinski definition) is 1. The fraction of sp³-hybridized carbons (Fsp3) is 0.250. The second-order valence-corrected chi connectivity index (χ2v) is 8.14. The molecule has 0 aliphatic carbocycles. The second kappa shape index (κ2) is 14.0. The Morgan fingerprint density at radius 2 is 1.33 bits per heavy atom. The first-order valence-electron chi connectivity index (χ1n) is 11.5. The molecule has 0 aromatic heterocycles. The van der Waals surface area contributed by atoms with Gasteiger partial charge in [0, 0.05) is 0 Å². The third kappa shape index (κ3) is 8.22. The molecule has 2 N–H and O–H groups in total. The summed E-state index contributed by atoms with van der Waals surface area (Å²) >= 11 is 0. The topological polar surface area (TPSA) is 105 Å². The van der Waals surface area contributed by atoms with Crippen LogP contribution in [0.4, 0.5) is 0 Å². The van der Waals surface area contributed by atoms with Crippen molar-refractivity contribution in [1.29, 1.82) is 0 Å². The predicted octanol–water partition coefficient (Wildman–Crippen LogP) is 5.15. The van der Waals surface area contributed by atoms with Crippen molar-refractivity contribution in [1.82, 2.24) is 0 Å². The van der Waals surface area contributed by atoms with Gasteiger partial charge < -0.3 is 19.9 Å². The minimum atomic E-state index is -0.898. The number of ether oxygens (including phenoxy) is 3. The zero-order chi connectivity index (χ0) is 25.2. The van der Waals surface area contributed by atoms with Gasteiger partial charge in [-0.15, -0.1) is 12.4 Å². The van der Waals surface area contributed by atoms with Crippen molar-refractivity contribution in [2.24, 2.45) is 5.73 Å². The lowest BCUT2D eigenvalue weighted by atomic mass is 10.1. The first kappa shape index (κ1) is 28.6. The molecule has 7 nitrogen and oxygen atoms in total. The number of nitrogens with two attached hydrogens (primary N) is 1. The fourth-order valence-electron chi connectivity index (χ4n) is 3.40. The van der Waals surface area contributed by atoms with Crippen molar-refractivity contribution in [3.8, 4) is 11.5 Å². The van der Waals surface area contributed by atoms with E-state index >= 15 is 0 Å². The predicted molar refractivity (Wildman–Crippen MR) is 139 cm³/mol. The minimum absolute atomic E-state index is 0. The van der Waals surface area contributed by atoms with Crippen molar-refractivity contribution in [3.05, 3.63) is 95.6 Å². The molecule has 0 fully saturated rings. The van der Waals surface area contributed by atoms with Crippen LogP contribution in [0.15, 0.2) is 78.9 Å². The molecule has 3 rings (SSSR count). The van der Waals surface area contributed by atoms with Crippen LogP contribution < -0.4 is 15.2 Å². The highest BCUT2D eigenvalue weighted by Crippen LogP contribution is 2.30. The fourth-order valence-corrected chi connectivity index (χ4v) is 3.40. The van der Waals surface area contributed by atoms with Gasteiger partial charge in [-0.05, 0) is 61.7 Å². The number of rotatable bonds is 10. The quantitative estimate of drug-likeness (QED) is 0.296. The third-order valence-electron chi connectivity index (χ3n) is 5.20. The van der Waals surface area contributed by atoms with Gasteiger partial charge in [0.05, 0.1) is 17.2 Å². The lowest BCUT2D eigenvalue weighted by Gasteiger charge is -2.17. The molecule has 2 atom stereocenters. The van der Waals surface area contributed by atoms with Gasteiger partial charge in [-0.2, -0.15) is 0 Å². The molecule has 8 heteroatoms. The van der Waals surface area contributed by atoms with Gasteiger partial charge in [-0.1, -0.05) is 55.8 Å². The number of carbonyl (C=O) groups is 3. The summed E-state index contributed by atoms with van der Waals surface area (Å²) in [6.07, 6.45) is 1.57. The molecule has 1 unspecified atom stereocenters. The van der Waals surface area contributed by atoms with Crippen LogP contribution in [0.1, 0.15) is 53.0 Å². The summed E-state index contributed by atoms with van der Waals surface area (Å²) in [6, 6.07) is 20.7. The maximum absolute atomic E-state index is 12.7. The molecule has 0 bridgehead atoms. The first-order valence-corrected chi connectivity index (χ1v) is 11.5. The highest BCUT2D eigenvalue weighted by atomic mass is 35.5. The summed E-state index contributed by atoms with van der Waals surface area (Å²) < 4.78 is 16.5. The summed E-state index contributed by atoms with van der Waals surface area (Å²) in [5.41, 5.74) is 7.37. The number of benzene rings is 3. The van der Waals surface area contributed by atoms with E-state index in [0.717, 1.165) is 12.8 Å². The molecule has 3 aromatic rings. The van der Waals surface area contributed by atoms with E-state index in [-0.39, 0.29) is 36.4 Å². The van der Waals surface area contributed by atoms with Crippen molar-refractivity contribution in [2.75, 3.05) is 0 Å². The van der Waals surface area contributed by atoms with Crippen LogP contribution in [0.25, 0.3) is 0 Å². The highest BCUT2D eigenvalue weighted by Gasteiger charge is 2.21. The van der Waals surface area contributed by atoms with Gasteiger partial charge in [0.1, 0.15) is 6.04 Å². The molecule has 0 heterocycles. The van der Waals surface area contributed by atoms with E-state index in [1.54, 1.807) is 66.7 Å². The Labute approximate surface area is 217 Å². The number of halogens is 1. The average Bonchev–Trinajstić information content (AvgIpc) is 2.86. The van der Waals surface area contributed by atoms with Crippen LogP contribution in [0.3, 0.4) is 0 Å². The van der Waals surface area contributed by atoms with Crippen LogP contribution in [0.2, 0.25) is 0 Å². The van der Waals surface area contributed by atoms with Crippen LogP contribution >= 0.6 is 12.4 Å². The van der Waals surface area contributed by atoms with E-state index in [9.17, 15) is 14.4 Å². The van der Waals surface area contributed by atoms with E-state index in [4.69, 9.17) is 19.9 Å². The number of esters is 3. The number of carbonyl (C=O) groups excluding carboxylic acids is 3. The Balaban J connectivity index is 0.00000456. The maximum atomic E-state index is 12.7. The Morgan fingerprint density at radius 1 is 0.806 bits per heavy atom. The largest absolute Gasteiger partial charge is 0.462 e. The zero-order valence-electron chi connectivity index (χ0n) is 20.2. The van der Waals surface area contributed by atoms with E-state index < -0.39 is 23.9 Å². The van der Waals surface area contributed by atoms with E-state index in [1.165, 1.54) is 12.1 Å². The Kier molecular flexibility index (Phi) is 11.1. The normalized spacial score (nSPS) is 12.0. The molecule has 0 spiro atoms. The minimum Gasteiger partial charge on any atom is -0.462 e. The van der Waals surface area contributed by atoms with Crippen LogP contribution in [-0.4, -0.2) is 30.1 Å². The van der Waals surface area contributed by atoms with Gasteiger partial charge in [0.25, 0.3) is 0 Å². The SMILES string of the molecule is CCCC(C)OC(=O)[C@@H](N)Cc1ccc(OC(=O)c2ccccc2)c(OC(=O)c2ccccc2)c1.Cl. The molecule has 0 saturated heterocycles. The molecule has 0 radical (unpaired) electrons. The monoisotopic (exact) mass is 511 g/mol. The smallest absolute Gasteiger partial charge is 0.343 e. The molecule has 0 aliphatic heterocycles. The standard InChI is InChI=1S/C28H29NO6.ClH/c1-3-10-19(2)33-28(32)23(29)17-20-15-16-24(34-26(30)21-11-6-4-7-12-21)25(18-20)35-27(31)22-13-8-5-9-14-22;/h4-9,11-16,18-19,23H,3,10,17,29H2,1-2H3;1H/t19?,23-;/m0./s1. The van der Waals surface area contributed by atoms with Gasteiger partial charge in [0.2, 0.25) is 0 Å². The van der Waals surface area contributed by atoms with Crippen molar-refractivity contribution < 1.29 is 28.6 Å². The molecule has 3 aromatic carbocycles. The average molecular weight is 512 g/mol. The van der Waals surface area contributed by atoms with E-state index in [1.807, 2.05) is 13.8 Å². The van der Waals surface area contributed by atoms with Gasteiger partial charge in [-0.3, -0.25) is 4.79 Å². The maximum Gasteiger partial charge on any atom is 0.343 e.